The lowest BCUT2D eigenvalue weighted by Crippen LogP contribution is -2.29. The summed E-state index contributed by atoms with van der Waals surface area (Å²) in [6.45, 7) is 0. The van der Waals surface area contributed by atoms with Crippen molar-refractivity contribution in [2.45, 2.75) is 5.60 Å². The molecule has 2 heteroatoms. The Hall–Kier alpha value is -3.62. The third-order valence-electron chi connectivity index (χ3n) is 5.80. The average Bonchev–Trinajstić information content (AvgIpc) is 2.82. The Morgan fingerprint density at radius 1 is 0.567 bits per heavy atom. The highest BCUT2D eigenvalue weighted by atomic mass is 16.5. The molecular formula is C28H22O2. The molecule has 0 radical (unpaired) electrons. The van der Waals surface area contributed by atoms with E-state index in [2.05, 4.69) is 30.3 Å². The number of ether oxygens (including phenoxy) is 1. The zero-order valence-electron chi connectivity index (χ0n) is 16.7. The molecule has 0 fully saturated rings. The van der Waals surface area contributed by atoms with Gasteiger partial charge >= 0.3 is 0 Å². The minimum absolute atomic E-state index is 0.660. The highest BCUT2D eigenvalue weighted by Crippen LogP contribution is 2.43. The summed E-state index contributed by atoms with van der Waals surface area (Å²) in [5.74, 6) is 0.660. The van der Waals surface area contributed by atoms with E-state index in [9.17, 15) is 5.11 Å². The molecule has 30 heavy (non-hydrogen) atoms. The highest BCUT2D eigenvalue weighted by molar-refractivity contribution is 5.99. The Morgan fingerprint density at radius 2 is 1.03 bits per heavy atom. The third kappa shape index (κ3) is 2.94. The zero-order chi connectivity index (χ0) is 20.6. The maximum atomic E-state index is 12.2. The zero-order valence-corrected chi connectivity index (χ0v) is 16.7. The molecule has 146 valence electrons. The van der Waals surface area contributed by atoms with Crippen molar-refractivity contribution in [2.24, 2.45) is 0 Å². The van der Waals surface area contributed by atoms with Gasteiger partial charge in [0, 0.05) is 5.56 Å². The minimum Gasteiger partial charge on any atom is -0.496 e. The molecule has 0 unspecified atom stereocenters. The second kappa shape index (κ2) is 7.33. The van der Waals surface area contributed by atoms with Crippen molar-refractivity contribution in [2.75, 3.05) is 7.11 Å². The molecule has 0 atom stereocenters. The molecule has 5 aromatic rings. The van der Waals surface area contributed by atoms with Crippen LogP contribution < -0.4 is 4.74 Å². The van der Waals surface area contributed by atoms with Gasteiger partial charge < -0.3 is 9.84 Å². The van der Waals surface area contributed by atoms with Crippen LogP contribution in [-0.4, -0.2) is 12.2 Å². The number of methoxy groups -OCH3 is 1. The summed E-state index contributed by atoms with van der Waals surface area (Å²) in [6.07, 6.45) is 0. The lowest BCUT2D eigenvalue weighted by Gasteiger charge is -2.31. The molecule has 0 aliphatic heterocycles. The molecule has 0 saturated carbocycles. The maximum absolute atomic E-state index is 12.2. The highest BCUT2D eigenvalue weighted by Gasteiger charge is 2.36. The number of fused-ring (bicyclic) bond motifs is 2. The van der Waals surface area contributed by atoms with Crippen LogP contribution in [0.15, 0.2) is 109 Å². The Kier molecular flexibility index (Phi) is 4.50. The van der Waals surface area contributed by atoms with Crippen molar-refractivity contribution in [1.82, 2.24) is 0 Å². The molecule has 0 spiro atoms. The van der Waals surface area contributed by atoms with E-state index >= 15 is 0 Å². The van der Waals surface area contributed by atoms with Crippen LogP contribution in [0.4, 0.5) is 0 Å². The lowest BCUT2D eigenvalue weighted by atomic mass is 9.79. The fourth-order valence-electron chi connectivity index (χ4n) is 4.26. The molecule has 1 N–H and O–H groups in total. The van der Waals surface area contributed by atoms with Crippen molar-refractivity contribution in [3.05, 3.63) is 126 Å². The van der Waals surface area contributed by atoms with Crippen LogP contribution in [-0.2, 0) is 5.60 Å². The monoisotopic (exact) mass is 390 g/mol. The summed E-state index contributed by atoms with van der Waals surface area (Å²) in [5.41, 5.74) is 0.989. The first kappa shape index (κ1) is 18.4. The SMILES string of the molecule is COc1cc2cc3ccccc3cc2cc1C(O)(c1ccccc1)c1ccccc1. The van der Waals surface area contributed by atoms with Crippen molar-refractivity contribution < 1.29 is 9.84 Å². The Morgan fingerprint density at radius 3 is 1.53 bits per heavy atom. The normalized spacial score (nSPS) is 11.7. The molecule has 0 aliphatic rings. The molecule has 5 rings (SSSR count). The summed E-state index contributed by atoms with van der Waals surface area (Å²) in [7, 11) is 1.65. The Labute approximate surface area is 176 Å². The van der Waals surface area contributed by atoms with Gasteiger partial charge in [-0.1, -0.05) is 84.9 Å². The predicted octanol–water partition coefficient (Wildman–Crippen LogP) is 6.29. The summed E-state index contributed by atoms with van der Waals surface area (Å²) >= 11 is 0. The Bertz CT molecular complexity index is 1290. The van der Waals surface area contributed by atoms with Crippen molar-refractivity contribution in [3.8, 4) is 5.75 Å². The first-order valence-corrected chi connectivity index (χ1v) is 10.0. The second-order valence-corrected chi connectivity index (χ2v) is 7.54. The molecule has 0 amide bonds. The summed E-state index contributed by atoms with van der Waals surface area (Å²) in [6, 6.07) is 36.3. The lowest BCUT2D eigenvalue weighted by molar-refractivity contribution is 0.122. The van der Waals surface area contributed by atoms with Gasteiger partial charge in [0.15, 0.2) is 0 Å². The van der Waals surface area contributed by atoms with Crippen LogP contribution in [0, 0.1) is 0 Å². The first-order chi connectivity index (χ1) is 14.7. The minimum atomic E-state index is -1.34. The fourth-order valence-corrected chi connectivity index (χ4v) is 4.26. The van der Waals surface area contributed by atoms with E-state index in [1.807, 2.05) is 78.9 Å². The van der Waals surface area contributed by atoms with E-state index in [-0.39, 0.29) is 0 Å². The third-order valence-corrected chi connectivity index (χ3v) is 5.80. The Balaban J connectivity index is 1.84. The number of hydrogen-bond acceptors (Lipinski definition) is 2. The van der Waals surface area contributed by atoms with Gasteiger partial charge in [-0.05, 0) is 56.9 Å². The van der Waals surface area contributed by atoms with Gasteiger partial charge in [-0.15, -0.1) is 0 Å². The van der Waals surface area contributed by atoms with Gasteiger partial charge in [-0.3, -0.25) is 0 Å². The van der Waals surface area contributed by atoms with E-state index in [1.165, 1.54) is 10.8 Å². The molecule has 0 heterocycles. The van der Waals surface area contributed by atoms with Crippen LogP contribution in [0.2, 0.25) is 0 Å². The molecule has 0 aliphatic carbocycles. The number of hydrogen-bond donors (Lipinski definition) is 1. The average molecular weight is 390 g/mol. The van der Waals surface area contributed by atoms with E-state index in [0.717, 1.165) is 27.5 Å². The van der Waals surface area contributed by atoms with Crippen molar-refractivity contribution in [1.29, 1.82) is 0 Å². The predicted molar refractivity (Wildman–Crippen MR) is 123 cm³/mol. The van der Waals surface area contributed by atoms with Gasteiger partial charge in [-0.2, -0.15) is 0 Å². The summed E-state index contributed by atoms with van der Waals surface area (Å²) in [5, 5.41) is 16.7. The molecule has 5 aromatic carbocycles. The summed E-state index contributed by atoms with van der Waals surface area (Å²) in [4.78, 5) is 0. The smallest absolute Gasteiger partial charge is 0.144 e. The molecule has 0 saturated heterocycles. The first-order valence-electron chi connectivity index (χ1n) is 10.0. The van der Waals surface area contributed by atoms with Crippen molar-refractivity contribution in [3.63, 3.8) is 0 Å². The van der Waals surface area contributed by atoms with Crippen LogP contribution in [0.5, 0.6) is 5.75 Å². The number of benzene rings is 5. The summed E-state index contributed by atoms with van der Waals surface area (Å²) < 4.78 is 5.79. The van der Waals surface area contributed by atoms with Gasteiger partial charge in [0.25, 0.3) is 0 Å². The van der Waals surface area contributed by atoms with E-state index in [0.29, 0.717) is 5.75 Å². The van der Waals surface area contributed by atoms with Gasteiger partial charge in [0.05, 0.1) is 7.11 Å². The molecule has 0 aromatic heterocycles. The topological polar surface area (TPSA) is 29.5 Å². The number of rotatable bonds is 4. The quantitative estimate of drug-likeness (QED) is 0.289. The molecule has 2 nitrogen and oxygen atoms in total. The van der Waals surface area contributed by atoms with Gasteiger partial charge in [-0.25, -0.2) is 0 Å². The molecule has 0 bridgehead atoms. The van der Waals surface area contributed by atoms with Crippen LogP contribution in [0.3, 0.4) is 0 Å². The largest absolute Gasteiger partial charge is 0.496 e. The van der Waals surface area contributed by atoms with Crippen LogP contribution in [0.1, 0.15) is 16.7 Å². The van der Waals surface area contributed by atoms with E-state index in [4.69, 9.17) is 4.74 Å². The maximum Gasteiger partial charge on any atom is 0.144 e. The van der Waals surface area contributed by atoms with Gasteiger partial charge in [0.2, 0.25) is 0 Å². The molecular weight excluding hydrogens is 368 g/mol. The van der Waals surface area contributed by atoms with Crippen molar-refractivity contribution >= 4 is 21.5 Å². The second-order valence-electron chi connectivity index (χ2n) is 7.54. The standard InChI is InChI=1S/C28H22O2/c1-30-27-19-23-17-21-11-9-8-10-20(21)16-22(23)18-26(27)28(29,24-12-4-2-5-13-24)25-14-6-3-7-15-25/h2-19,29H,1H3. The van der Waals surface area contributed by atoms with E-state index < -0.39 is 5.60 Å². The number of aliphatic hydroxyl groups is 1. The fraction of sp³-hybridized carbons (Fsp3) is 0.0714. The van der Waals surface area contributed by atoms with Crippen LogP contribution in [0.25, 0.3) is 21.5 Å². The van der Waals surface area contributed by atoms with Gasteiger partial charge in [0.1, 0.15) is 11.4 Å². The van der Waals surface area contributed by atoms with Crippen LogP contribution >= 0.6 is 0 Å². The van der Waals surface area contributed by atoms with E-state index in [1.54, 1.807) is 7.11 Å².